The molecule has 3 aromatic heterocycles. The number of nitrogens with zero attached hydrogens (tertiary/aromatic N) is 5. The Labute approximate surface area is 201 Å². The van der Waals surface area contributed by atoms with Crippen LogP contribution < -0.4 is 10.2 Å². The molecule has 174 valence electrons. The number of hydrogen-bond donors (Lipinski definition) is 3. The summed E-state index contributed by atoms with van der Waals surface area (Å²) in [4.78, 5) is 6.60. The van der Waals surface area contributed by atoms with Gasteiger partial charge in [0.15, 0.2) is 5.82 Å². The largest absolute Gasteiger partial charge is 0.506 e. The van der Waals surface area contributed by atoms with Gasteiger partial charge in [-0.25, -0.2) is 4.98 Å². The number of hydrogen-bond acceptors (Lipinski definition) is 7. The van der Waals surface area contributed by atoms with E-state index in [9.17, 15) is 5.11 Å². The molecule has 0 amide bonds. The molecule has 1 fully saturated rings. The van der Waals surface area contributed by atoms with Gasteiger partial charge >= 0.3 is 0 Å². The van der Waals surface area contributed by atoms with Crippen LogP contribution in [-0.2, 0) is 0 Å². The number of H-pyrrole nitrogens is 1. The van der Waals surface area contributed by atoms with Gasteiger partial charge in [0.1, 0.15) is 17.1 Å². The molecule has 3 N–H and O–H groups in total. The average Bonchev–Trinajstić information content (AvgIpc) is 3.20. The molecule has 0 radical (unpaired) electrons. The van der Waals surface area contributed by atoms with Gasteiger partial charge < -0.3 is 15.3 Å². The maximum atomic E-state index is 10.5. The van der Waals surface area contributed by atoms with Crippen LogP contribution >= 0.6 is 24.8 Å². The zero-order valence-corrected chi connectivity index (χ0v) is 20.6. The van der Waals surface area contributed by atoms with Crippen molar-refractivity contribution in [3.8, 4) is 28.3 Å². The summed E-state index contributed by atoms with van der Waals surface area (Å²) in [5.41, 5.74) is 2.70. The first-order chi connectivity index (χ1) is 14.1. The van der Waals surface area contributed by atoms with Gasteiger partial charge in [0.05, 0.1) is 6.20 Å². The predicted octanol–water partition coefficient (Wildman–Crippen LogP) is 4.22. The molecule has 4 heterocycles. The molecule has 1 aliphatic heterocycles. The van der Waals surface area contributed by atoms with E-state index in [0.29, 0.717) is 17.4 Å². The molecule has 1 aliphatic rings. The second-order valence-corrected chi connectivity index (χ2v) is 9.42. The lowest BCUT2D eigenvalue weighted by atomic mass is 9.79. The fourth-order valence-electron chi connectivity index (χ4n) is 4.59. The Kier molecular flexibility index (Phi) is 7.75. The van der Waals surface area contributed by atoms with E-state index in [1.54, 1.807) is 24.7 Å². The maximum Gasteiger partial charge on any atom is 0.151 e. The van der Waals surface area contributed by atoms with E-state index in [0.717, 1.165) is 29.8 Å². The summed E-state index contributed by atoms with van der Waals surface area (Å²) in [6, 6.07) is 5.82. The van der Waals surface area contributed by atoms with Gasteiger partial charge in [-0.1, -0.05) is 0 Å². The fourth-order valence-corrected chi connectivity index (χ4v) is 4.59. The zero-order chi connectivity index (χ0) is 21.5. The lowest BCUT2D eigenvalue weighted by Crippen LogP contribution is -2.62. The first-order valence-corrected chi connectivity index (χ1v) is 10.2. The highest BCUT2D eigenvalue weighted by atomic mass is 35.5. The van der Waals surface area contributed by atoms with Gasteiger partial charge in [0, 0.05) is 47.7 Å². The number of aromatic hydroxyl groups is 1. The smallest absolute Gasteiger partial charge is 0.151 e. The van der Waals surface area contributed by atoms with Crippen LogP contribution in [0.15, 0.2) is 36.8 Å². The van der Waals surface area contributed by atoms with Crippen LogP contribution in [0.2, 0.25) is 0 Å². The van der Waals surface area contributed by atoms with Gasteiger partial charge in [-0.05, 0) is 58.7 Å². The van der Waals surface area contributed by atoms with Crippen LogP contribution in [0.5, 0.6) is 5.75 Å². The summed E-state index contributed by atoms with van der Waals surface area (Å²) in [5.74, 6) is 0.873. The molecule has 3 aromatic rings. The SMILES string of the molecule is CN(c1ccc(-c2ncc(-c3cn[nH]c3)cc2O)nn1)C1CC(C)(C)NC(C)(C)C1.Cl.Cl. The van der Waals surface area contributed by atoms with Gasteiger partial charge in [-0.3, -0.25) is 5.10 Å². The average molecular weight is 480 g/mol. The molecular weight excluding hydrogens is 449 g/mol. The monoisotopic (exact) mass is 479 g/mol. The normalized spacial score (nSPS) is 17.2. The molecule has 8 nitrogen and oxygen atoms in total. The number of pyridine rings is 1. The summed E-state index contributed by atoms with van der Waals surface area (Å²) in [5, 5.41) is 29.6. The third-order valence-corrected chi connectivity index (χ3v) is 5.67. The van der Waals surface area contributed by atoms with Crippen LogP contribution in [0.4, 0.5) is 5.82 Å². The van der Waals surface area contributed by atoms with Crippen molar-refractivity contribution in [1.82, 2.24) is 30.7 Å². The molecule has 0 aromatic carbocycles. The van der Waals surface area contributed by atoms with Gasteiger partial charge in [-0.2, -0.15) is 5.10 Å². The Morgan fingerprint density at radius 1 is 1.00 bits per heavy atom. The van der Waals surface area contributed by atoms with E-state index in [4.69, 9.17) is 0 Å². The molecule has 32 heavy (non-hydrogen) atoms. The second-order valence-electron chi connectivity index (χ2n) is 9.42. The highest BCUT2D eigenvalue weighted by molar-refractivity contribution is 5.85. The Morgan fingerprint density at radius 3 is 2.22 bits per heavy atom. The van der Waals surface area contributed by atoms with Crippen LogP contribution in [0.1, 0.15) is 40.5 Å². The van der Waals surface area contributed by atoms with Gasteiger partial charge in [0.2, 0.25) is 0 Å². The third-order valence-electron chi connectivity index (χ3n) is 5.67. The molecule has 10 heteroatoms. The van der Waals surface area contributed by atoms with E-state index in [-0.39, 0.29) is 41.6 Å². The molecule has 0 aliphatic carbocycles. The van der Waals surface area contributed by atoms with Crippen LogP contribution in [0.3, 0.4) is 0 Å². The van der Waals surface area contributed by atoms with Crippen molar-refractivity contribution < 1.29 is 5.11 Å². The number of rotatable bonds is 4. The minimum Gasteiger partial charge on any atom is -0.506 e. The summed E-state index contributed by atoms with van der Waals surface area (Å²) < 4.78 is 0. The fraction of sp³-hybridized carbons (Fsp3) is 0.455. The number of nitrogens with one attached hydrogen (secondary N) is 2. The van der Waals surface area contributed by atoms with E-state index in [1.165, 1.54) is 0 Å². The first kappa shape index (κ1) is 25.8. The molecule has 0 bridgehead atoms. The zero-order valence-electron chi connectivity index (χ0n) is 19.0. The van der Waals surface area contributed by atoms with Crippen molar-refractivity contribution >= 4 is 30.6 Å². The topological polar surface area (TPSA) is 103 Å². The van der Waals surface area contributed by atoms with Crippen molar-refractivity contribution in [2.24, 2.45) is 0 Å². The summed E-state index contributed by atoms with van der Waals surface area (Å²) >= 11 is 0. The van der Waals surface area contributed by atoms with Crippen molar-refractivity contribution in [1.29, 1.82) is 0 Å². The van der Waals surface area contributed by atoms with E-state index < -0.39 is 0 Å². The second kappa shape index (κ2) is 9.60. The van der Waals surface area contributed by atoms with E-state index >= 15 is 0 Å². The van der Waals surface area contributed by atoms with Crippen LogP contribution in [-0.4, -0.2) is 54.7 Å². The Morgan fingerprint density at radius 2 is 1.69 bits per heavy atom. The van der Waals surface area contributed by atoms with Crippen molar-refractivity contribution in [2.75, 3.05) is 11.9 Å². The minimum atomic E-state index is 0. The molecule has 1 saturated heterocycles. The molecule has 0 atom stereocenters. The summed E-state index contributed by atoms with van der Waals surface area (Å²) in [6.07, 6.45) is 7.18. The number of anilines is 1. The first-order valence-electron chi connectivity index (χ1n) is 10.2. The Bertz CT molecular complexity index is 1010. The lowest BCUT2D eigenvalue weighted by molar-refractivity contribution is 0.160. The predicted molar refractivity (Wildman–Crippen MR) is 132 cm³/mol. The number of aromatic nitrogens is 5. The third kappa shape index (κ3) is 5.49. The summed E-state index contributed by atoms with van der Waals surface area (Å²) in [7, 11) is 2.07. The minimum absolute atomic E-state index is 0. The van der Waals surface area contributed by atoms with E-state index in [2.05, 4.69) is 70.3 Å². The van der Waals surface area contributed by atoms with Crippen molar-refractivity contribution in [2.45, 2.75) is 57.7 Å². The van der Waals surface area contributed by atoms with E-state index in [1.807, 2.05) is 12.1 Å². The maximum absolute atomic E-state index is 10.5. The molecule has 0 unspecified atom stereocenters. The van der Waals surface area contributed by atoms with Crippen molar-refractivity contribution in [3.05, 3.63) is 36.8 Å². The highest BCUT2D eigenvalue weighted by Crippen LogP contribution is 2.33. The molecular formula is C22H31Cl2N7O. The molecule has 0 saturated carbocycles. The number of piperidine rings is 1. The Hall–Kier alpha value is -2.42. The highest BCUT2D eigenvalue weighted by Gasteiger charge is 2.39. The van der Waals surface area contributed by atoms with Crippen molar-refractivity contribution in [3.63, 3.8) is 0 Å². The van der Waals surface area contributed by atoms with Gasteiger partial charge in [-0.15, -0.1) is 35.0 Å². The number of aromatic amines is 1. The lowest BCUT2D eigenvalue weighted by Gasteiger charge is -2.49. The quantitative estimate of drug-likeness (QED) is 0.514. The molecule has 0 spiro atoms. The van der Waals surface area contributed by atoms with Gasteiger partial charge in [0.25, 0.3) is 0 Å². The standard InChI is InChI=1S/C22H29N7O.2ClH/c1-21(2)9-16(10-22(3,4)28-21)29(5)19-7-6-17(26-27-19)20-18(30)8-14(11-23-20)15-12-24-25-13-15;;/h6-8,11-13,16,28,30H,9-10H2,1-5H3,(H,24,25);2*1H. The van der Waals surface area contributed by atoms with Crippen LogP contribution in [0.25, 0.3) is 22.5 Å². The number of halogens is 2. The van der Waals surface area contributed by atoms with Crippen LogP contribution in [0, 0.1) is 0 Å². The Balaban J connectivity index is 0.00000181. The molecule has 4 rings (SSSR count). The summed E-state index contributed by atoms with van der Waals surface area (Å²) in [6.45, 7) is 8.96.